The summed E-state index contributed by atoms with van der Waals surface area (Å²) in [5.74, 6) is -0.517. The molecule has 9 heteroatoms. The van der Waals surface area contributed by atoms with E-state index in [-0.39, 0.29) is 18.3 Å². The summed E-state index contributed by atoms with van der Waals surface area (Å²) in [7, 11) is 1.67. The van der Waals surface area contributed by atoms with Crippen molar-refractivity contribution >= 4 is 35.0 Å². The molecule has 0 spiro atoms. The lowest BCUT2D eigenvalue weighted by molar-refractivity contribution is -0.156. The average molecular weight is 443 g/mol. The molecule has 0 radical (unpaired) electrons. The van der Waals surface area contributed by atoms with E-state index in [4.69, 9.17) is 9.47 Å². The highest BCUT2D eigenvalue weighted by Gasteiger charge is 2.31. The first-order valence-corrected chi connectivity index (χ1v) is 11.2. The van der Waals surface area contributed by atoms with Gasteiger partial charge in [-0.15, -0.1) is 0 Å². The summed E-state index contributed by atoms with van der Waals surface area (Å²) in [6.07, 6.45) is 4.75. The molecule has 0 unspecified atom stereocenters. The maximum Gasteiger partial charge on any atom is 0.374 e. The molecular weight excluding hydrogens is 416 g/mol. The Bertz CT molecular complexity index is 962. The van der Waals surface area contributed by atoms with Crippen LogP contribution in [-0.4, -0.2) is 60.2 Å². The SMILES string of the molecule is CCOC(=O)C(=O)C1CCN(Cc2ccc3c(c2)N(COC)c2nccnc2S3)CC1. The number of benzene rings is 1. The molecular formula is C22H26N4O4S. The zero-order valence-electron chi connectivity index (χ0n) is 17.7. The Balaban J connectivity index is 1.43. The van der Waals surface area contributed by atoms with Gasteiger partial charge in [-0.1, -0.05) is 17.8 Å². The highest BCUT2D eigenvalue weighted by molar-refractivity contribution is 7.99. The van der Waals surface area contributed by atoms with Crippen molar-refractivity contribution in [3.63, 3.8) is 0 Å². The second kappa shape index (κ2) is 9.76. The van der Waals surface area contributed by atoms with Crippen LogP contribution in [0.3, 0.4) is 0 Å². The Kier molecular flexibility index (Phi) is 6.84. The van der Waals surface area contributed by atoms with Crippen LogP contribution in [0.2, 0.25) is 0 Å². The summed E-state index contributed by atoms with van der Waals surface area (Å²) in [5, 5.41) is 0.869. The standard InChI is InChI=1S/C22H26N4O4S/c1-3-30-22(28)19(27)16-6-10-25(11-7-16)13-15-4-5-18-17(12-15)26(14-29-2)20-21(31-18)24-9-8-23-20/h4-5,8-9,12,16H,3,6-7,10-11,13-14H2,1-2H3. The molecule has 3 heterocycles. The maximum absolute atomic E-state index is 12.2. The molecule has 1 aromatic carbocycles. The number of likely N-dealkylation sites (tertiary alicyclic amines) is 1. The van der Waals surface area contributed by atoms with Gasteiger partial charge in [-0.3, -0.25) is 14.6 Å². The highest BCUT2D eigenvalue weighted by atomic mass is 32.2. The molecule has 0 saturated carbocycles. The van der Waals surface area contributed by atoms with E-state index in [1.54, 1.807) is 38.2 Å². The van der Waals surface area contributed by atoms with Crippen molar-refractivity contribution in [1.82, 2.24) is 14.9 Å². The summed E-state index contributed by atoms with van der Waals surface area (Å²) in [6, 6.07) is 6.43. The summed E-state index contributed by atoms with van der Waals surface area (Å²) in [4.78, 5) is 38.3. The van der Waals surface area contributed by atoms with Crippen molar-refractivity contribution in [2.24, 2.45) is 5.92 Å². The molecule has 31 heavy (non-hydrogen) atoms. The fraction of sp³-hybridized carbons (Fsp3) is 0.455. The van der Waals surface area contributed by atoms with Crippen LogP contribution in [0, 0.1) is 5.92 Å². The van der Waals surface area contributed by atoms with Crippen molar-refractivity contribution in [1.29, 1.82) is 0 Å². The zero-order valence-corrected chi connectivity index (χ0v) is 18.6. The van der Waals surface area contributed by atoms with Gasteiger partial charge in [0.1, 0.15) is 11.8 Å². The molecule has 8 nitrogen and oxygen atoms in total. The largest absolute Gasteiger partial charge is 0.460 e. The van der Waals surface area contributed by atoms with Gasteiger partial charge in [0, 0.05) is 36.9 Å². The van der Waals surface area contributed by atoms with E-state index in [1.165, 1.54) is 5.56 Å². The van der Waals surface area contributed by atoms with E-state index in [0.717, 1.165) is 41.1 Å². The van der Waals surface area contributed by atoms with Gasteiger partial charge in [-0.25, -0.2) is 14.8 Å². The fourth-order valence-corrected chi connectivity index (χ4v) is 4.98. The highest BCUT2D eigenvalue weighted by Crippen LogP contribution is 2.46. The van der Waals surface area contributed by atoms with E-state index < -0.39 is 5.97 Å². The zero-order chi connectivity index (χ0) is 21.8. The van der Waals surface area contributed by atoms with Crippen molar-refractivity contribution < 1.29 is 19.1 Å². The predicted octanol–water partition coefficient (Wildman–Crippen LogP) is 3.03. The number of piperidine rings is 1. The molecule has 1 saturated heterocycles. The third-order valence-electron chi connectivity index (χ3n) is 5.52. The van der Waals surface area contributed by atoms with Crippen LogP contribution in [0.15, 0.2) is 40.5 Å². The Morgan fingerprint density at radius 2 is 1.97 bits per heavy atom. The lowest BCUT2D eigenvalue weighted by Crippen LogP contribution is -2.38. The number of esters is 1. The average Bonchev–Trinajstić information content (AvgIpc) is 2.79. The van der Waals surface area contributed by atoms with Crippen LogP contribution in [0.25, 0.3) is 0 Å². The number of nitrogens with zero attached hydrogens (tertiary/aromatic N) is 4. The van der Waals surface area contributed by atoms with E-state index in [9.17, 15) is 9.59 Å². The van der Waals surface area contributed by atoms with Gasteiger partial charge < -0.3 is 9.47 Å². The summed E-state index contributed by atoms with van der Waals surface area (Å²) < 4.78 is 10.3. The van der Waals surface area contributed by atoms with Crippen molar-refractivity contribution in [2.75, 3.05) is 38.4 Å². The third kappa shape index (κ3) is 4.73. The third-order valence-corrected chi connectivity index (χ3v) is 6.57. The van der Waals surface area contributed by atoms with Gasteiger partial charge in [0.05, 0.1) is 12.3 Å². The van der Waals surface area contributed by atoms with E-state index >= 15 is 0 Å². The normalized spacial score (nSPS) is 16.5. The number of aromatic nitrogens is 2. The van der Waals surface area contributed by atoms with Crippen molar-refractivity contribution in [2.45, 2.75) is 36.2 Å². The number of anilines is 2. The number of ether oxygens (including phenoxy) is 2. The molecule has 2 aliphatic heterocycles. The molecule has 164 valence electrons. The summed E-state index contributed by atoms with van der Waals surface area (Å²) >= 11 is 1.61. The number of rotatable bonds is 7. The Hall–Kier alpha value is -2.49. The number of carbonyl (C=O) groups excluding carboxylic acids is 2. The van der Waals surface area contributed by atoms with Gasteiger partial charge >= 0.3 is 5.97 Å². The Labute approximate surface area is 185 Å². The molecule has 0 N–H and O–H groups in total. The smallest absolute Gasteiger partial charge is 0.374 e. The molecule has 1 aromatic heterocycles. The second-order valence-corrected chi connectivity index (χ2v) is 8.60. The molecule has 1 fully saturated rings. The monoisotopic (exact) mass is 442 g/mol. The second-order valence-electron chi connectivity index (χ2n) is 7.57. The molecule has 0 atom stereocenters. The molecule has 2 aromatic rings. The number of Topliss-reactive ketones (excluding diaryl/α,β-unsaturated/α-hetero) is 1. The molecule has 2 aliphatic rings. The predicted molar refractivity (Wildman–Crippen MR) is 116 cm³/mol. The van der Waals surface area contributed by atoms with Gasteiger partial charge in [-0.05, 0) is 50.6 Å². The van der Waals surface area contributed by atoms with Gasteiger partial charge in [0.25, 0.3) is 0 Å². The van der Waals surface area contributed by atoms with Crippen molar-refractivity contribution in [3.8, 4) is 0 Å². The van der Waals surface area contributed by atoms with Crippen LogP contribution < -0.4 is 4.90 Å². The lowest BCUT2D eigenvalue weighted by atomic mass is 9.92. The minimum Gasteiger partial charge on any atom is -0.460 e. The first kappa shape index (κ1) is 21.7. The van der Waals surface area contributed by atoms with Crippen LogP contribution in [0.1, 0.15) is 25.3 Å². The topological polar surface area (TPSA) is 84.9 Å². The number of hydrogen-bond acceptors (Lipinski definition) is 9. The van der Waals surface area contributed by atoms with Gasteiger partial charge in [0.15, 0.2) is 5.82 Å². The van der Waals surface area contributed by atoms with Crippen LogP contribution in [-0.2, 0) is 25.6 Å². The van der Waals surface area contributed by atoms with E-state index in [1.807, 2.05) is 4.90 Å². The molecule has 4 rings (SSSR count). The van der Waals surface area contributed by atoms with E-state index in [0.29, 0.717) is 19.6 Å². The summed E-state index contributed by atoms with van der Waals surface area (Å²) in [5.41, 5.74) is 2.24. The summed E-state index contributed by atoms with van der Waals surface area (Å²) in [6.45, 7) is 4.67. The van der Waals surface area contributed by atoms with Crippen LogP contribution in [0.4, 0.5) is 11.5 Å². The number of hydrogen-bond donors (Lipinski definition) is 0. The Morgan fingerprint density at radius 3 is 2.71 bits per heavy atom. The molecule has 0 aliphatic carbocycles. The molecule has 0 amide bonds. The number of methoxy groups -OCH3 is 1. The first-order valence-electron chi connectivity index (χ1n) is 10.4. The number of fused-ring (bicyclic) bond motifs is 2. The maximum atomic E-state index is 12.2. The number of carbonyl (C=O) groups is 2. The minimum atomic E-state index is -0.699. The Morgan fingerprint density at radius 1 is 1.19 bits per heavy atom. The lowest BCUT2D eigenvalue weighted by Gasteiger charge is -2.32. The quantitative estimate of drug-likeness (QED) is 0.474. The van der Waals surface area contributed by atoms with Crippen LogP contribution >= 0.6 is 11.8 Å². The van der Waals surface area contributed by atoms with Crippen molar-refractivity contribution in [3.05, 3.63) is 36.2 Å². The van der Waals surface area contributed by atoms with Gasteiger partial charge in [0.2, 0.25) is 5.78 Å². The van der Waals surface area contributed by atoms with Gasteiger partial charge in [-0.2, -0.15) is 0 Å². The van der Waals surface area contributed by atoms with Crippen LogP contribution in [0.5, 0.6) is 0 Å². The molecule has 0 bridgehead atoms. The van der Waals surface area contributed by atoms with E-state index in [2.05, 4.69) is 33.1 Å². The first-order chi connectivity index (χ1) is 15.1. The fourth-order valence-electron chi connectivity index (χ4n) is 3.99. The number of ketones is 1. The minimum absolute atomic E-state index is 0.232.